The van der Waals surface area contributed by atoms with Crippen LogP contribution in [-0.2, 0) is 25.8 Å². The average Bonchev–Trinajstić information content (AvgIpc) is 2.93. The maximum Gasteiger partial charge on any atom is 0.222 e. The molecule has 0 aromatic heterocycles. The number of sulfone groups is 1. The van der Waals surface area contributed by atoms with Crippen LogP contribution in [0.4, 0.5) is 0 Å². The summed E-state index contributed by atoms with van der Waals surface area (Å²) in [6.07, 6.45) is 1.24. The second kappa shape index (κ2) is 9.02. The highest BCUT2D eigenvalue weighted by atomic mass is 32.2. The highest BCUT2D eigenvalue weighted by Gasteiger charge is 2.28. The molecule has 1 heterocycles. The van der Waals surface area contributed by atoms with Gasteiger partial charge in [-0.25, -0.2) is 8.42 Å². The summed E-state index contributed by atoms with van der Waals surface area (Å²) in [6, 6.07) is 7.31. The van der Waals surface area contributed by atoms with Crippen molar-refractivity contribution < 1.29 is 22.7 Å². The summed E-state index contributed by atoms with van der Waals surface area (Å²) >= 11 is 0. The zero-order chi connectivity index (χ0) is 19.2. The van der Waals surface area contributed by atoms with E-state index in [1.165, 1.54) is 6.92 Å². The van der Waals surface area contributed by atoms with Gasteiger partial charge in [0.2, 0.25) is 11.8 Å². The molecule has 1 unspecified atom stereocenters. The van der Waals surface area contributed by atoms with Crippen LogP contribution in [-0.4, -0.2) is 62.9 Å². The van der Waals surface area contributed by atoms with Gasteiger partial charge in [-0.1, -0.05) is 18.2 Å². The van der Waals surface area contributed by atoms with Crippen LogP contribution >= 0.6 is 0 Å². The van der Waals surface area contributed by atoms with Crippen LogP contribution in [0.2, 0.25) is 0 Å². The fourth-order valence-electron chi connectivity index (χ4n) is 3.04. The van der Waals surface area contributed by atoms with Crippen molar-refractivity contribution in [1.82, 2.24) is 10.2 Å². The molecule has 1 aliphatic rings. The molecule has 2 amide bonds. The molecule has 0 saturated carbocycles. The standard InChI is InChI=1S/C18H26N2O5S/c1-14(21)20(10-7-15-5-3-4-6-17(15)25-2)11-8-18(22)19-16-9-12-26(23,24)13-16/h3-6,16H,7-13H2,1-2H3,(H,19,22). The van der Waals surface area contributed by atoms with Crippen molar-refractivity contribution in [2.24, 2.45) is 0 Å². The van der Waals surface area contributed by atoms with Crippen molar-refractivity contribution in [2.75, 3.05) is 31.7 Å². The van der Waals surface area contributed by atoms with Gasteiger partial charge in [0.05, 0.1) is 18.6 Å². The van der Waals surface area contributed by atoms with Crippen LogP contribution in [0.25, 0.3) is 0 Å². The van der Waals surface area contributed by atoms with Crippen molar-refractivity contribution in [3.05, 3.63) is 29.8 Å². The van der Waals surface area contributed by atoms with Gasteiger partial charge in [0.15, 0.2) is 9.84 Å². The third-order valence-corrected chi connectivity index (χ3v) is 6.26. The molecule has 0 aliphatic carbocycles. The smallest absolute Gasteiger partial charge is 0.222 e. The number of ether oxygens (including phenoxy) is 1. The van der Waals surface area contributed by atoms with E-state index in [1.54, 1.807) is 12.0 Å². The van der Waals surface area contributed by atoms with Crippen LogP contribution in [0.5, 0.6) is 5.75 Å². The number of hydrogen-bond acceptors (Lipinski definition) is 5. The number of hydrogen-bond donors (Lipinski definition) is 1. The fourth-order valence-corrected chi connectivity index (χ4v) is 4.71. The van der Waals surface area contributed by atoms with Crippen molar-refractivity contribution in [2.45, 2.75) is 32.2 Å². The Bertz CT molecular complexity index is 748. The zero-order valence-corrected chi connectivity index (χ0v) is 16.0. The van der Waals surface area contributed by atoms with Crippen molar-refractivity contribution in [3.63, 3.8) is 0 Å². The normalized spacial score (nSPS) is 18.3. The third-order valence-electron chi connectivity index (χ3n) is 4.50. The molecule has 0 radical (unpaired) electrons. The minimum atomic E-state index is -3.02. The van der Waals surface area contributed by atoms with E-state index >= 15 is 0 Å². The quantitative estimate of drug-likeness (QED) is 0.717. The first-order valence-corrected chi connectivity index (χ1v) is 10.5. The summed E-state index contributed by atoms with van der Waals surface area (Å²) in [7, 11) is -1.42. The van der Waals surface area contributed by atoms with Crippen LogP contribution in [0.1, 0.15) is 25.3 Å². The SMILES string of the molecule is COc1ccccc1CCN(CCC(=O)NC1CCS(=O)(=O)C1)C(C)=O. The van der Waals surface area contributed by atoms with Crippen LogP contribution in [0, 0.1) is 0 Å². The molecule has 26 heavy (non-hydrogen) atoms. The Morgan fingerprint density at radius 2 is 2.00 bits per heavy atom. The molecule has 144 valence electrons. The first-order valence-electron chi connectivity index (χ1n) is 8.68. The Balaban J connectivity index is 1.82. The molecule has 8 heteroatoms. The van der Waals surface area contributed by atoms with Crippen molar-refractivity contribution in [3.8, 4) is 5.75 Å². The minimum absolute atomic E-state index is 0.00294. The summed E-state index contributed by atoms with van der Waals surface area (Å²) in [5.74, 6) is 0.572. The van der Waals surface area contributed by atoms with E-state index in [1.807, 2.05) is 24.3 Å². The van der Waals surface area contributed by atoms with E-state index in [4.69, 9.17) is 4.74 Å². The molecule has 1 N–H and O–H groups in total. The monoisotopic (exact) mass is 382 g/mol. The number of amides is 2. The molecule has 1 fully saturated rings. The number of carbonyl (C=O) groups excluding carboxylic acids is 2. The summed E-state index contributed by atoms with van der Waals surface area (Å²) < 4.78 is 28.2. The van der Waals surface area contributed by atoms with Crippen LogP contribution in [0.15, 0.2) is 24.3 Å². The Morgan fingerprint density at radius 1 is 1.27 bits per heavy atom. The number of benzene rings is 1. The lowest BCUT2D eigenvalue weighted by Crippen LogP contribution is -2.39. The van der Waals surface area contributed by atoms with Crippen molar-refractivity contribution in [1.29, 1.82) is 0 Å². The second-order valence-corrected chi connectivity index (χ2v) is 8.71. The van der Waals surface area contributed by atoms with Gasteiger partial charge in [-0.3, -0.25) is 9.59 Å². The first-order chi connectivity index (χ1) is 12.3. The maximum atomic E-state index is 12.0. The van der Waals surface area contributed by atoms with Gasteiger partial charge < -0.3 is 15.0 Å². The van der Waals surface area contributed by atoms with E-state index in [2.05, 4.69) is 5.32 Å². The molecular formula is C18H26N2O5S. The molecule has 0 spiro atoms. The summed E-state index contributed by atoms with van der Waals surface area (Å²) in [4.78, 5) is 25.5. The summed E-state index contributed by atoms with van der Waals surface area (Å²) in [5.41, 5.74) is 1.00. The first kappa shape index (κ1) is 20.2. The highest BCUT2D eigenvalue weighted by molar-refractivity contribution is 7.91. The maximum absolute atomic E-state index is 12.0. The minimum Gasteiger partial charge on any atom is -0.496 e. The fraction of sp³-hybridized carbons (Fsp3) is 0.556. The molecule has 0 bridgehead atoms. The molecule has 1 aliphatic heterocycles. The predicted octanol–water partition coefficient (Wildman–Crippen LogP) is 0.780. The van der Waals surface area contributed by atoms with E-state index in [9.17, 15) is 18.0 Å². The molecular weight excluding hydrogens is 356 g/mol. The summed E-state index contributed by atoms with van der Waals surface area (Å²) in [5, 5.41) is 2.74. The number of rotatable bonds is 8. The van der Waals surface area contributed by atoms with Gasteiger partial charge in [-0.2, -0.15) is 0 Å². The van der Waals surface area contributed by atoms with E-state index in [0.717, 1.165) is 11.3 Å². The number of nitrogens with zero attached hydrogens (tertiary/aromatic N) is 1. The van der Waals surface area contributed by atoms with Gasteiger partial charge in [0.25, 0.3) is 0 Å². The van der Waals surface area contributed by atoms with Gasteiger partial charge >= 0.3 is 0 Å². The molecule has 2 rings (SSSR count). The molecule has 7 nitrogen and oxygen atoms in total. The number of methoxy groups -OCH3 is 1. The van der Waals surface area contributed by atoms with E-state index < -0.39 is 9.84 Å². The van der Waals surface area contributed by atoms with Crippen LogP contribution in [0.3, 0.4) is 0 Å². The lowest BCUT2D eigenvalue weighted by molar-refractivity contribution is -0.129. The largest absolute Gasteiger partial charge is 0.496 e. The number of para-hydroxylation sites is 1. The molecule has 1 atom stereocenters. The predicted molar refractivity (Wildman–Crippen MR) is 98.8 cm³/mol. The van der Waals surface area contributed by atoms with Crippen LogP contribution < -0.4 is 10.1 Å². The molecule has 1 saturated heterocycles. The topological polar surface area (TPSA) is 92.8 Å². The van der Waals surface area contributed by atoms with Gasteiger partial charge in [-0.05, 0) is 24.5 Å². The lowest BCUT2D eigenvalue weighted by atomic mass is 10.1. The number of carbonyl (C=O) groups is 2. The number of nitrogens with one attached hydrogen (secondary N) is 1. The Hall–Kier alpha value is -2.09. The Morgan fingerprint density at radius 3 is 2.62 bits per heavy atom. The summed E-state index contributed by atoms with van der Waals surface area (Å²) in [6.45, 7) is 2.26. The Kier molecular flexibility index (Phi) is 7.02. The highest BCUT2D eigenvalue weighted by Crippen LogP contribution is 2.18. The van der Waals surface area contributed by atoms with E-state index in [0.29, 0.717) is 25.9 Å². The van der Waals surface area contributed by atoms with Crippen molar-refractivity contribution >= 4 is 21.7 Å². The molecule has 1 aromatic carbocycles. The molecule has 1 aromatic rings. The van der Waals surface area contributed by atoms with Gasteiger partial charge in [0, 0.05) is 32.5 Å². The Labute approximate surface area is 154 Å². The second-order valence-electron chi connectivity index (χ2n) is 6.49. The lowest BCUT2D eigenvalue weighted by Gasteiger charge is -2.22. The zero-order valence-electron chi connectivity index (χ0n) is 15.2. The van der Waals surface area contributed by atoms with Gasteiger partial charge in [-0.15, -0.1) is 0 Å². The van der Waals surface area contributed by atoms with Gasteiger partial charge in [0.1, 0.15) is 5.75 Å². The third kappa shape index (κ3) is 6.01. The average molecular weight is 382 g/mol. The van der Waals surface area contributed by atoms with E-state index in [-0.39, 0.29) is 35.8 Å².